The van der Waals surface area contributed by atoms with E-state index in [1.54, 1.807) is 43.3 Å². The van der Waals surface area contributed by atoms with Crippen molar-refractivity contribution in [3.63, 3.8) is 0 Å². The van der Waals surface area contributed by atoms with Gasteiger partial charge in [0.15, 0.2) is 11.6 Å². The predicted molar refractivity (Wildman–Crippen MR) is 149 cm³/mol. The van der Waals surface area contributed by atoms with Crippen molar-refractivity contribution >= 4 is 11.6 Å². The standard InChI is InChI=1S/C33H29F3O5/c1-4-21-17-25(9-15-29(21)38)32(3,33(34,35)36)26-10-16-30(39)24(18-26)19-31(40)23-7-13-28(14-8-23)41-27-11-5-22(6-12-27)20(2)37/h5-18,38-39H,4,19H2,1-3H3. The Hall–Kier alpha value is -4.59. The Morgan fingerprint density at radius 3 is 1.66 bits per heavy atom. The molecule has 0 aromatic heterocycles. The number of hydrogen-bond donors (Lipinski definition) is 2. The molecule has 4 rings (SSSR count). The van der Waals surface area contributed by atoms with Crippen molar-refractivity contribution in [3.05, 3.63) is 118 Å². The lowest BCUT2D eigenvalue weighted by Gasteiger charge is -2.34. The van der Waals surface area contributed by atoms with Gasteiger partial charge in [-0.05, 0) is 97.6 Å². The van der Waals surface area contributed by atoms with Crippen molar-refractivity contribution in [2.75, 3.05) is 0 Å². The fourth-order valence-corrected chi connectivity index (χ4v) is 4.59. The highest BCUT2D eigenvalue weighted by Gasteiger charge is 2.53. The molecule has 0 fully saturated rings. The van der Waals surface area contributed by atoms with Crippen LogP contribution in [-0.4, -0.2) is 28.0 Å². The van der Waals surface area contributed by atoms with E-state index < -0.39 is 17.4 Å². The average Bonchev–Trinajstić information content (AvgIpc) is 2.94. The number of alkyl halides is 3. The maximum atomic E-state index is 14.6. The van der Waals surface area contributed by atoms with Gasteiger partial charge in [0, 0.05) is 23.1 Å². The van der Waals surface area contributed by atoms with Crippen LogP contribution >= 0.6 is 0 Å². The average molecular weight is 563 g/mol. The van der Waals surface area contributed by atoms with E-state index in [2.05, 4.69) is 0 Å². The molecule has 0 saturated heterocycles. The summed E-state index contributed by atoms with van der Waals surface area (Å²) in [6, 6.07) is 20.2. The third-order valence-corrected chi connectivity index (χ3v) is 7.29. The van der Waals surface area contributed by atoms with Crippen LogP contribution in [0, 0.1) is 0 Å². The van der Waals surface area contributed by atoms with E-state index in [0.717, 1.165) is 13.0 Å². The van der Waals surface area contributed by atoms with Gasteiger partial charge < -0.3 is 14.9 Å². The number of phenolic OH excluding ortho intramolecular Hbond substituents is 2. The summed E-state index contributed by atoms with van der Waals surface area (Å²) < 4.78 is 49.6. The van der Waals surface area contributed by atoms with Crippen LogP contribution in [0.3, 0.4) is 0 Å². The smallest absolute Gasteiger partial charge is 0.402 e. The van der Waals surface area contributed by atoms with Crippen LogP contribution in [0.4, 0.5) is 13.2 Å². The van der Waals surface area contributed by atoms with Crippen molar-refractivity contribution in [2.45, 2.75) is 45.2 Å². The number of carbonyl (C=O) groups is 2. The summed E-state index contributed by atoms with van der Waals surface area (Å²) in [5.74, 6) is 0.110. The maximum Gasteiger partial charge on any atom is 0.402 e. The summed E-state index contributed by atoms with van der Waals surface area (Å²) in [7, 11) is 0. The van der Waals surface area contributed by atoms with Crippen LogP contribution in [0.15, 0.2) is 84.9 Å². The lowest BCUT2D eigenvalue weighted by atomic mass is 9.74. The molecular formula is C33H29F3O5. The highest BCUT2D eigenvalue weighted by molar-refractivity contribution is 5.98. The molecule has 4 aromatic rings. The minimum Gasteiger partial charge on any atom is -0.508 e. The topological polar surface area (TPSA) is 83.8 Å². The molecule has 0 radical (unpaired) electrons. The normalized spacial score (nSPS) is 12.9. The number of benzene rings is 4. The zero-order valence-corrected chi connectivity index (χ0v) is 22.8. The molecule has 0 aliphatic rings. The second-order valence-corrected chi connectivity index (χ2v) is 9.97. The van der Waals surface area contributed by atoms with Gasteiger partial charge in [-0.15, -0.1) is 0 Å². The lowest BCUT2D eigenvalue weighted by molar-refractivity contribution is -0.173. The first-order valence-corrected chi connectivity index (χ1v) is 13.0. The number of halogens is 3. The SMILES string of the molecule is CCc1cc(C(C)(c2ccc(O)c(CC(=O)c3ccc(Oc4ccc(C(C)=O)cc4)cc3)c2)C(F)(F)F)ccc1O. The Morgan fingerprint density at radius 2 is 1.20 bits per heavy atom. The molecule has 1 atom stereocenters. The zero-order valence-electron chi connectivity index (χ0n) is 22.8. The second kappa shape index (κ2) is 11.5. The summed E-state index contributed by atoms with van der Waals surface area (Å²) in [4.78, 5) is 24.5. The third kappa shape index (κ3) is 6.11. The van der Waals surface area contributed by atoms with E-state index in [0.29, 0.717) is 34.6 Å². The number of phenols is 2. The molecule has 0 spiro atoms. The monoisotopic (exact) mass is 562 g/mol. The Bertz CT molecular complexity index is 1570. The van der Waals surface area contributed by atoms with Crippen molar-refractivity contribution in [1.82, 2.24) is 0 Å². The number of rotatable bonds is 9. The van der Waals surface area contributed by atoms with Gasteiger partial charge in [0.25, 0.3) is 0 Å². The lowest BCUT2D eigenvalue weighted by Crippen LogP contribution is -2.40. The number of ether oxygens (including phenoxy) is 1. The molecule has 4 aromatic carbocycles. The van der Waals surface area contributed by atoms with E-state index in [-0.39, 0.29) is 40.4 Å². The van der Waals surface area contributed by atoms with Gasteiger partial charge in [-0.2, -0.15) is 13.2 Å². The first kappa shape index (κ1) is 29.4. The van der Waals surface area contributed by atoms with Gasteiger partial charge in [0.2, 0.25) is 0 Å². The van der Waals surface area contributed by atoms with Crippen LogP contribution in [0.5, 0.6) is 23.0 Å². The minimum absolute atomic E-state index is 0.0587. The van der Waals surface area contributed by atoms with E-state index >= 15 is 0 Å². The van der Waals surface area contributed by atoms with Gasteiger partial charge in [-0.1, -0.05) is 31.2 Å². The number of Topliss-reactive ketones (excluding diaryl/α,β-unsaturated/α-hetero) is 2. The van der Waals surface area contributed by atoms with Crippen molar-refractivity contribution in [3.8, 4) is 23.0 Å². The molecule has 0 saturated carbocycles. The quantitative estimate of drug-likeness (QED) is 0.202. The molecule has 0 heterocycles. The van der Waals surface area contributed by atoms with E-state index in [1.807, 2.05) is 0 Å². The highest BCUT2D eigenvalue weighted by atomic mass is 19.4. The summed E-state index contributed by atoms with van der Waals surface area (Å²) in [5.41, 5.74) is -1.38. The molecule has 0 amide bonds. The van der Waals surface area contributed by atoms with E-state index in [9.17, 15) is 33.0 Å². The summed E-state index contributed by atoms with van der Waals surface area (Å²) in [6.07, 6.45) is -4.69. The van der Waals surface area contributed by atoms with Crippen LogP contribution in [0.1, 0.15) is 63.7 Å². The summed E-state index contributed by atoms with van der Waals surface area (Å²) >= 11 is 0. The molecule has 1 unspecified atom stereocenters. The predicted octanol–water partition coefficient (Wildman–Crippen LogP) is 7.95. The van der Waals surface area contributed by atoms with Crippen LogP contribution in [-0.2, 0) is 18.3 Å². The minimum atomic E-state index is -4.71. The van der Waals surface area contributed by atoms with Gasteiger partial charge in [0.05, 0.1) is 0 Å². The summed E-state index contributed by atoms with van der Waals surface area (Å²) in [5, 5.41) is 20.5. The highest BCUT2D eigenvalue weighted by Crippen LogP contribution is 2.47. The first-order chi connectivity index (χ1) is 19.3. The van der Waals surface area contributed by atoms with Gasteiger partial charge in [-0.3, -0.25) is 9.59 Å². The van der Waals surface area contributed by atoms with Crippen LogP contribution in [0.2, 0.25) is 0 Å². The molecule has 5 nitrogen and oxygen atoms in total. The fourth-order valence-electron chi connectivity index (χ4n) is 4.59. The Balaban J connectivity index is 1.58. The Morgan fingerprint density at radius 1 is 0.732 bits per heavy atom. The first-order valence-electron chi connectivity index (χ1n) is 13.0. The number of carbonyl (C=O) groups excluding carboxylic acids is 2. The van der Waals surface area contributed by atoms with E-state index in [4.69, 9.17) is 4.74 Å². The Kier molecular flexibility index (Phi) is 8.24. The Labute approximate surface area is 235 Å². The van der Waals surface area contributed by atoms with Crippen LogP contribution in [0.25, 0.3) is 0 Å². The molecule has 2 N–H and O–H groups in total. The molecule has 8 heteroatoms. The molecule has 41 heavy (non-hydrogen) atoms. The number of hydrogen-bond acceptors (Lipinski definition) is 5. The molecular weight excluding hydrogens is 533 g/mol. The van der Waals surface area contributed by atoms with Crippen LogP contribution < -0.4 is 4.74 Å². The molecule has 0 aliphatic carbocycles. The number of aromatic hydroxyl groups is 2. The third-order valence-electron chi connectivity index (χ3n) is 7.29. The molecule has 0 aliphatic heterocycles. The number of ketones is 2. The van der Waals surface area contributed by atoms with Crippen molar-refractivity contribution < 1.29 is 37.7 Å². The molecule has 0 bridgehead atoms. The van der Waals surface area contributed by atoms with Gasteiger partial charge in [-0.25, -0.2) is 0 Å². The van der Waals surface area contributed by atoms with Crippen molar-refractivity contribution in [2.24, 2.45) is 0 Å². The molecule has 212 valence electrons. The zero-order chi connectivity index (χ0) is 29.9. The summed E-state index contributed by atoms with van der Waals surface area (Å²) in [6.45, 7) is 4.25. The van der Waals surface area contributed by atoms with Gasteiger partial charge in [0.1, 0.15) is 28.4 Å². The van der Waals surface area contributed by atoms with Gasteiger partial charge >= 0.3 is 6.18 Å². The largest absolute Gasteiger partial charge is 0.508 e. The fraction of sp³-hybridized carbons (Fsp3) is 0.212. The van der Waals surface area contributed by atoms with Crippen molar-refractivity contribution in [1.29, 1.82) is 0 Å². The number of aryl methyl sites for hydroxylation is 1. The maximum absolute atomic E-state index is 14.6. The van der Waals surface area contributed by atoms with E-state index in [1.165, 1.54) is 49.4 Å². The second-order valence-electron chi connectivity index (χ2n) is 9.97.